The van der Waals surface area contributed by atoms with Gasteiger partial charge in [0.2, 0.25) is 0 Å². The monoisotopic (exact) mass is 224 g/mol. The van der Waals surface area contributed by atoms with Crippen molar-refractivity contribution in [3.63, 3.8) is 0 Å². The standard InChI is InChI=1S/C11H16N2OS/c14-8-9-6-12-11(13-7-9)15-10-4-2-1-3-5-10/h6-7,10,14H,1-5,8H2. The van der Waals surface area contributed by atoms with Crippen LogP contribution >= 0.6 is 11.8 Å². The highest BCUT2D eigenvalue weighted by Crippen LogP contribution is 2.31. The zero-order chi connectivity index (χ0) is 10.5. The van der Waals surface area contributed by atoms with E-state index in [0.717, 1.165) is 10.7 Å². The van der Waals surface area contributed by atoms with E-state index >= 15 is 0 Å². The van der Waals surface area contributed by atoms with Crippen molar-refractivity contribution in [2.24, 2.45) is 0 Å². The second kappa shape index (κ2) is 5.47. The van der Waals surface area contributed by atoms with Gasteiger partial charge < -0.3 is 5.11 Å². The van der Waals surface area contributed by atoms with Crippen molar-refractivity contribution in [1.82, 2.24) is 9.97 Å². The van der Waals surface area contributed by atoms with Crippen molar-refractivity contribution in [2.45, 2.75) is 49.1 Å². The van der Waals surface area contributed by atoms with Crippen LogP contribution in [0.25, 0.3) is 0 Å². The molecule has 0 spiro atoms. The number of aromatic nitrogens is 2. The van der Waals surface area contributed by atoms with Crippen LogP contribution in [0.2, 0.25) is 0 Å². The number of thioether (sulfide) groups is 1. The summed E-state index contributed by atoms with van der Waals surface area (Å²) < 4.78 is 0. The van der Waals surface area contributed by atoms with Crippen LogP contribution in [0.1, 0.15) is 37.7 Å². The molecule has 1 saturated carbocycles. The Balaban J connectivity index is 1.91. The molecule has 1 aliphatic rings. The second-order valence-electron chi connectivity index (χ2n) is 3.91. The van der Waals surface area contributed by atoms with Gasteiger partial charge in [0.1, 0.15) is 0 Å². The van der Waals surface area contributed by atoms with Gasteiger partial charge in [-0.2, -0.15) is 0 Å². The Morgan fingerprint density at radius 1 is 1.20 bits per heavy atom. The molecular weight excluding hydrogens is 208 g/mol. The van der Waals surface area contributed by atoms with Crippen molar-refractivity contribution in [3.8, 4) is 0 Å². The van der Waals surface area contributed by atoms with Crippen molar-refractivity contribution in [1.29, 1.82) is 0 Å². The summed E-state index contributed by atoms with van der Waals surface area (Å²) in [7, 11) is 0. The van der Waals surface area contributed by atoms with Crippen LogP contribution < -0.4 is 0 Å². The van der Waals surface area contributed by atoms with E-state index in [9.17, 15) is 0 Å². The maximum absolute atomic E-state index is 8.86. The minimum absolute atomic E-state index is 0.0222. The summed E-state index contributed by atoms with van der Waals surface area (Å²) in [6.45, 7) is 0.0222. The molecule has 1 aromatic heterocycles. The molecule has 1 heterocycles. The molecule has 1 N–H and O–H groups in total. The Morgan fingerprint density at radius 2 is 1.87 bits per heavy atom. The van der Waals surface area contributed by atoms with Crippen LogP contribution in [-0.2, 0) is 6.61 Å². The van der Waals surface area contributed by atoms with E-state index in [0.29, 0.717) is 5.25 Å². The van der Waals surface area contributed by atoms with Gasteiger partial charge >= 0.3 is 0 Å². The highest BCUT2D eigenvalue weighted by molar-refractivity contribution is 7.99. The zero-order valence-corrected chi connectivity index (χ0v) is 9.54. The van der Waals surface area contributed by atoms with E-state index in [1.807, 2.05) is 0 Å². The van der Waals surface area contributed by atoms with Crippen LogP contribution in [0.3, 0.4) is 0 Å². The maximum atomic E-state index is 8.86. The molecule has 1 aliphatic carbocycles. The van der Waals surface area contributed by atoms with E-state index in [1.54, 1.807) is 24.2 Å². The predicted octanol–water partition coefficient (Wildman–Crippen LogP) is 2.39. The normalized spacial score (nSPS) is 17.9. The lowest BCUT2D eigenvalue weighted by Crippen LogP contribution is -2.08. The van der Waals surface area contributed by atoms with Gasteiger partial charge in [0, 0.05) is 23.2 Å². The van der Waals surface area contributed by atoms with Crippen LogP contribution in [0, 0.1) is 0 Å². The summed E-state index contributed by atoms with van der Waals surface area (Å²) in [5.41, 5.74) is 0.781. The van der Waals surface area contributed by atoms with E-state index in [4.69, 9.17) is 5.11 Å². The molecule has 15 heavy (non-hydrogen) atoms. The van der Waals surface area contributed by atoms with Crippen LogP contribution in [-0.4, -0.2) is 20.3 Å². The molecule has 0 radical (unpaired) electrons. The molecule has 0 atom stereocenters. The largest absolute Gasteiger partial charge is 0.392 e. The van der Waals surface area contributed by atoms with Gasteiger partial charge in [-0.05, 0) is 12.8 Å². The predicted molar refractivity (Wildman–Crippen MR) is 60.7 cm³/mol. The summed E-state index contributed by atoms with van der Waals surface area (Å²) in [6.07, 6.45) is 10.0. The number of hydrogen-bond acceptors (Lipinski definition) is 4. The van der Waals surface area contributed by atoms with Crippen LogP contribution in [0.15, 0.2) is 17.6 Å². The Hall–Kier alpha value is -0.610. The highest BCUT2D eigenvalue weighted by Gasteiger charge is 2.15. The average molecular weight is 224 g/mol. The molecule has 0 saturated heterocycles. The summed E-state index contributed by atoms with van der Waals surface area (Å²) in [5, 5.41) is 10.4. The molecular formula is C11H16N2OS. The molecule has 4 heteroatoms. The van der Waals surface area contributed by atoms with Crippen molar-refractivity contribution in [2.75, 3.05) is 0 Å². The fraction of sp³-hybridized carbons (Fsp3) is 0.636. The molecule has 0 bridgehead atoms. The summed E-state index contributed by atoms with van der Waals surface area (Å²) in [6, 6.07) is 0. The maximum Gasteiger partial charge on any atom is 0.187 e. The SMILES string of the molecule is OCc1cnc(SC2CCCCC2)nc1. The summed E-state index contributed by atoms with van der Waals surface area (Å²) in [5.74, 6) is 0. The first kappa shape index (κ1) is 10.9. The van der Waals surface area contributed by atoms with Crippen molar-refractivity contribution < 1.29 is 5.11 Å². The van der Waals surface area contributed by atoms with Gasteiger partial charge in [0.05, 0.1) is 6.61 Å². The molecule has 3 nitrogen and oxygen atoms in total. The second-order valence-corrected chi connectivity index (χ2v) is 5.18. The lowest BCUT2D eigenvalue weighted by molar-refractivity contribution is 0.280. The minimum Gasteiger partial charge on any atom is -0.392 e. The molecule has 0 aromatic carbocycles. The lowest BCUT2D eigenvalue weighted by atomic mass is 10.0. The molecule has 2 rings (SSSR count). The number of hydrogen-bond donors (Lipinski definition) is 1. The van der Waals surface area contributed by atoms with E-state index in [-0.39, 0.29) is 6.61 Å². The highest BCUT2D eigenvalue weighted by atomic mass is 32.2. The molecule has 1 fully saturated rings. The molecule has 1 aromatic rings. The van der Waals surface area contributed by atoms with Gasteiger partial charge in [-0.3, -0.25) is 0 Å². The number of nitrogens with zero attached hydrogens (tertiary/aromatic N) is 2. The van der Waals surface area contributed by atoms with Crippen LogP contribution in [0.5, 0.6) is 0 Å². The van der Waals surface area contributed by atoms with Gasteiger partial charge in [0.15, 0.2) is 5.16 Å². The van der Waals surface area contributed by atoms with Gasteiger partial charge in [-0.15, -0.1) is 0 Å². The first-order valence-corrected chi connectivity index (χ1v) is 6.35. The molecule has 0 aliphatic heterocycles. The van der Waals surface area contributed by atoms with Gasteiger partial charge in [-0.25, -0.2) is 9.97 Å². The minimum atomic E-state index is 0.0222. The lowest BCUT2D eigenvalue weighted by Gasteiger charge is -2.19. The third kappa shape index (κ3) is 3.18. The molecule has 82 valence electrons. The smallest absolute Gasteiger partial charge is 0.187 e. The quantitative estimate of drug-likeness (QED) is 0.801. The Morgan fingerprint density at radius 3 is 2.47 bits per heavy atom. The van der Waals surface area contributed by atoms with E-state index in [2.05, 4.69) is 9.97 Å². The summed E-state index contributed by atoms with van der Waals surface area (Å²) >= 11 is 1.78. The fourth-order valence-electron chi connectivity index (χ4n) is 1.82. The topological polar surface area (TPSA) is 46.0 Å². The number of aliphatic hydroxyl groups excluding tert-OH is 1. The first-order chi connectivity index (χ1) is 7.38. The Bertz CT molecular complexity index is 296. The average Bonchev–Trinajstić information content (AvgIpc) is 2.31. The van der Waals surface area contributed by atoms with E-state index in [1.165, 1.54) is 32.1 Å². The fourth-order valence-corrected chi connectivity index (χ4v) is 2.91. The first-order valence-electron chi connectivity index (χ1n) is 5.47. The van der Waals surface area contributed by atoms with Gasteiger partial charge in [0.25, 0.3) is 0 Å². The molecule has 0 unspecified atom stereocenters. The van der Waals surface area contributed by atoms with Crippen LogP contribution in [0.4, 0.5) is 0 Å². The number of aliphatic hydroxyl groups is 1. The zero-order valence-electron chi connectivity index (χ0n) is 8.72. The Labute approximate surface area is 94.3 Å². The Kier molecular flexibility index (Phi) is 3.97. The third-order valence-electron chi connectivity index (χ3n) is 2.69. The van der Waals surface area contributed by atoms with Crippen molar-refractivity contribution >= 4 is 11.8 Å². The van der Waals surface area contributed by atoms with E-state index < -0.39 is 0 Å². The molecule has 0 amide bonds. The summed E-state index contributed by atoms with van der Waals surface area (Å²) in [4.78, 5) is 8.47. The van der Waals surface area contributed by atoms with Gasteiger partial charge in [-0.1, -0.05) is 31.0 Å². The number of rotatable bonds is 3. The third-order valence-corrected chi connectivity index (χ3v) is 3.91. The van der Waals surface area contributed by atoms with Crippen molar-refractivity contribution in [3.05, 3.63) is 18.0 Å².